The Morgan fingerprint density at radius 1 is 1.14 bits per heavy atom. The third-order valence-corrected chi connectivity index (χ3v) is 3.45. The lowest BCUT2D eigenvalue weighted by atomic mass is 9.93. The molecule has 1 aliphatic rings. The number of hydrazine groups is 1. The molecular formula is C14H26N6O. The topological polar surface area (TPSA) is 89.2 Å². The highest BCUT2D eigenvalue weighted by atomic mass is 16.5. The van der Waals surface area contributed by atoms with Crippen molar-refractivity contribution in [3.8, 4) is 6.01 Å². The second-order valence-corrected chi connectivity index (χ2v) is 6.59. The van der Waals surface area contributed by atoms with Crippen LogP contribution in [0, 0.1) is 5.41 Å². The molecule has 0 aromatic carbocycles. The van der Waals surface area contributed by atoms with E-state index in [4.69, 9.17) is 10.6 Å². The minimum atomic E-state index is 0.220. The molecule has 1 aromatic heterocycles. The highest BCUT2D eigenvalue weighted by Crippen LogP contribution is 2.21. The SMILES string of the molecule is CC(C)(C)CCOc1nc(NN)nc(N2CCCCC2)n1. The Kier molecular flexibility index (Phi) is 5.17. The zero-order valence-corrected chi connectivity index (χ0v) is 13.2. The van der Waals surface area contributed by atoms with E-state index in [9.17, 15) is 0 Å². The monoisotopic (exact) mass is 294 g/mol. The van der Waals surface area contributed by atoms with Crippen LogP contribution in [0.3, 0.4) is 0 Å². The summed E-state index contributed by atoms with van der Waals surface area (Å²) in [6, 6.07) is 0.336. The molecule has 0 aliphatic carbocycles. The van der Waals surface area contributed by atoms with Crippen molar-refractivity contribution in [2.75, 3.05) is 30.0 Å². The number of hydrogen-bond acceptors (Lipinski definition) is 7. The van der Waals surface area contributed by atoms with Crippen LogP contribution in [-0.4, -0.2) is 34.6 Å². The molecule has 0 radical (unpaired) electrons. The molecule has 1 fully saturated rings. The van der Waals surface area contributed by atoms with Crippen LogP contribution in [0.1, 0.15) is 46.5 Å². The van der Waals surface area contributed by atoms with Crippen molar-refractivity contribution in [1.82, 2.24) is 15.0 Å². The Bertz CT molecular complexity index is 453. The molecular weight excluding hydrogens is 268 g/mol. The number of nitrogen functional groups attached to an aromatic ring is 1. The van der Waals surface area contributed by atoms with Crippen molar-refractivity contribution in [2.24, 2.45) is 11.3 Å². The predicted octanol–water partition coefficient (Wildman–Crippen LogP) is 1.96. The second kappa shape index (κ2) is 6.89. The minimum Gasteiger partial charge on any atom is -0.463 e. The fraction of sp³-hybridized carbons (Fsp3) is 0.786. The van der Waals surface area contributed by atoms with Gasteiger partial charge in [0, 0.05) is 13.1 Å². The van der Waals surface area contributed by atoms with Crippen molar-refractivity contribution in [3.05, 3.63) is 0 Å². The fourth-order valence-electron chi connectivity index (χ4n) is 2.16. The first kappa shape index (κ1) is 15.8. The van der Waals surface area contributed by atoms with E-state index in [1.165, 1.54) is 6.42 Å². The van der Waals surface area contributed by atoms with Crippen LogP contribution in [0.15, 0.2) is 0 Å². The van der Waals surface area contributed by atoms with Crippen LogP contribution in [0.25, 0.3) is 0 Å². The molecule has 0 spiro atoms. The van der Waals surface area contributed by atoms with Gasteiger partial charge in [0.1, 0.15) is 0 Å². The van der Waals surface area contributed by atoms with E-state index in [1.807, 2.05) is 0 Å². The zero-order valence-electron chi connectivity index (χ0n) is 13.2. The summed E-state index contributed by atoms with van der Waals surface area (Å²) in [4.78, 5) is 15.0. The molecule has 0 amide bonds. The van der Waals surface area contributed by atoms with Crippen molar-refractivity contribution in [2.45, 2.75) is 46.5 Å². The number of ether oxygens (including phenoxy) is 1. The molecule has 1 saturated heterocycles. The van der Waals surface area contributed by atoms with Gasteiger partial charge in [0.2, 0.25) is 11.9 Å². The average Bonchev–Trinajstić information content (AvgIpc) is 2.46. The van der Waals surface area contributed by atoms with E-state index in [2.05, 4.69) is 46.0 Å². The molecule has 0 atom stereocenters. The van der Waals surface area contributed by atoms with Gasteiger partial charge in [-0.1, -0.05) is 20.8 Å². The molecule has 1 aromatic rings. The van der Waals surface area contributed by atoms with Gasteiger partial charge in [-0.25, -0.2) is 5.84 Å². The summed E-state index contributed by atoms with van der Waals surface area (Å²) >= 11 is 0. The van der Waals surface area contributed by atoms with Gasteiger partial charge in [0.25, 0.3) is 0 Å². The Balaban J connectivity index is 2.06. The largest absolute Gasteiger partial charge is 0.463 e. The van der Waals surface area contributed by atoms with Crippen LogP contribution in [0.5, 0.6) is 6.01 Å². The van der Waals surface area contributed by atoms with Crippen molar-refractivity contribution in [3.63, 3.8) is 0 Å². The van der Waals surface area contributed by atoms with Crippen LogP contribution in [0.2, 0.25) is 0 Å². The molecule has 3 N–H and O–H groups in total. The fourth-order valence-corrected chi connectivity index (χ4v) is 2.16. The first-order chi connectivity index (χ1) is 9.98. The standard InChI is InChI=1S/C14H26N6O/c1-14(2,3)7-10-21-13-17-11(19-15)16-12(18-13)20-8-5-4-6-9-20/h4-10,15H2,1-3H3,(H,16,17,18,19). The average molecular weight is 294 g/mol. The van der Waals surface area contributed by atoms with Crippen molar-refractivity contribution in [1.29, 1.82) is 0 Å². The molecule has 7 nitrogen and oxygen atoms in total. The van der Waals surface area contributed by atoms with Gasteiger partial charge in [-0.05, 0) is 31.1 Å². The molecule has 7 heteroatoms. The van der Waals surface area contributed by atoms with Gasteiger partial charge in [-0.15, -0.1) is 0 Å². The van der Waals surface area contributed by atoms with Crippen molar-refractivity contribution >= 4 is 11.9 Å². The smallest absolute Gasteiger partial charge is 0.323 e. The number of rotatable bonds is 5. The predicted molar refractivity (Wildman–Crippen MR) is 83.3 cm³/mol. The Morgan fingerprint density at radius 3 is 2.48 bits per heavy atom. The molecule has 118 valence electrons. The Morgan fingerprint density at radius 2 is 1.86 bits per heavy atom. The highest BCUT2D eigenvalue weighted by molar-refractivity contribution is 5.37. The Labute approximate surface area is 126 Å². The lowest BCUT2D eigenvalue weighted by molar-refractivity contribution is 0.228. The van der Waals surface area contributed by atoms with Gasteiger partial charge >= 0.3 is 6.01 Å². The lowest BCUT2D eigenvalue weighted by Gasteiger charge is -2.26. The summed E-state index contributed by atoms with van der Waals surface area (Å²) in [6.07, 6.45) is 4.52. The van der Waals surface area contributed by atoms with E-state index in [0.717, 1.165) is 32.4 Å². The summed E-state index contributed by atoms with van der Waals surface area (Å²) in [5, 5.41) is 0. The Hall–Kier alpha value is -1.63. The number of nitrogens with zero attached hydrogens (tertiary/aromatic N) is 4. The summed E-state index contributed by atoms with van der Waals surface area (Å²) in [6.45, 7) is 9.04. The number of hydrogen-bond donors (Lipinski definition) is 2. The minimum absolute atomic E-state index is 0.220. The van der Waals surface area contributed by atoms with Gasteiger partial charge in [-0.3, -0.25) is 5.43 Å². The number of piperidine rings is 1. The van der Waals surface area contributed by atoms with Crippen LogP contribution >= 0.6 is 0 Å². The molecule has 1 aliphatic heterocycles. The number of aromatic nitrogens is 3. The quantitative estimate of drug-likeness (QED) is 0.634. The third kappa shape index (κ3) is 5.00. The van der Waals surface area contributed by atoms with Gasteiger partial charge in [-0.2, -0.15) is 15.0 Å². The summed E-state index contributed by atoms with van der Waals surface area (Å²) in [7, 11) is 0. The summed E-state index contributed by atoms with van der Waals surface area (Å²) in [5.74, 6) is 6.42. The van der Waals surface area contributed by atoms with E-state index >= 15 is 0 Å². The van der Waals surface area contributed by atoms with E-state index in [1.54, 1.807) is 0 Å². The highest BCUT2D eigenvalue weighted by Gasteiger charge is 2.17. The maximum atomic E-state index is 5.67. The summed E-state index contributed by atoms with van der Waals surface area (Å²) < 4.78 is 5.67. The number of nitrogens with one attached hydrogen (secondary N) is 1. The van der Waals surface area contributed by atoms with Gasteiger partial charge < -0.3 is 9.64 Å². The second-order valence-electron chi connectivity index (χ2n) is 6.59. The van der Waals surface area contributed by atoms with Gasteiger partial charge in [0.15, 0.2) is 0 Å². The first-order valence-corrected chi connectivity index (χ1v) is 7.58. The lowest BCUT2D eigenvalue weighted by Crippen LogP contribution is -2.31. The van der Waals surface area contributed by atoms with Gasteiger partial charge in [0.05, 0.1) is 6.61 Å². The molecule has 0 saturated carbocycles. The first-order valence-electron chi connectivity index (χ1n) is 7.58. The van der Waals surface area contributed by atoms with E-state index in [-0.39, 0.29) is 5.41 Å². The zero-order chi connectivity index (χ0) is 15.3. The summed E-state index contributed by atoms with van der Waals surface area (Å²) in [5.41, 5.74) is 2.70. The van der Waals surface area contributed by atoms with Crippen LogP contribution < -0.4 is 20.9 Å². The molecule has 2 rings (SSSR count). The normalized spacial score (nSPS) is 15.9. The van der Waals surface area contributed by atoms with E-state index < -0.39 is 0 Å². The third-order valence-electron chi connectivity index (χ3n) is 3.45. The molecule has 2 heterocycles. The van der Waals surface area contributed by atoms with Crippen LogP contribution in [0.4, 0.5) is 11.9 Å². The number of anilines is 2. The van der Waals surface area contributed by atoms with E-state index in [0.29, 0.717) is 24.5 Å². The van der Waals surface area contributed by atoms with Crippen LogP contribution in [-0.2, 0) is 0 Å². The molecule has 21 heavy (non-hydrogen) atoms. The molecule has 0 unspecified atom stereocenters. The number of nitrogens with two attached hydrogens (primary N) is 1. The maximum absolute atomic E-state index is 5.67. The maximum Gasteiger partial charge on any atom is 0.323 e. The molecule has 0 bridgehead atoms. The van der Waals surface area contributed by atoms with Crippen molar-refractivity contribution < 1.29 is 4.74 Å².